The van der Waals surface area contributed by atoms with Crippen molar-refractivity contribution in [3.05, 3.63) is 23.8 Å². The quantitative estimate of drug-likeness (QED) is 0.750. The van der Waals surface area contributed by atoms with Crippen LogP contribution in [0.25, 0.3) is 10.2 Å². The zero-order chi connectivity index (χ0) is 13.8. The minimum absolute atomic E-state index is 0.314. The standard InChI is InChI=1S/C14H18BNO2S/c1-9-6-7-10-11(8-9)19-12(16-10)15-17-13(2,3)14(4,5)18-15/h6-8H,1-5H3. The van der Waals surface area contributed by atoms with Gasteiger partial charge in [0.1, 0.15) is 4.91 Å². The van der Waals surface area contributed by atoms with Crippen molar-refractivity contribution < 1.29 is 9.31 Å². The molecule has 1 aromatic heterocycles. The maximum atomic E-state index is 6.04. The van der Waals surface area contributed by atoms with Gasteiger partial charge in [-0.2, -0.15) is 0 Å². The van der Waals surface area contributed by atoms with Crippen LogP contribution in [-0.2, 0) is 9.31 Å². The molecule has 100 valence electrons. The van der Waals surface area contributed by atoms with E-state index in [2.05, 4.69) is 57.8 Å². The van der Waals surface area contributed by atoms with E-state index in [1.807, 2.05) is 0 Å². The molecule has 3 nitrogen and oxygen atoms in total. The van der Waals surface area contributed by atoms with Gasteiger partial charge >= 0.3 is 7.12 Å². The number of rotatable bonds is 1. The van der Waals surface area contributed by atoms with E-state index in [1.54, 1.807) is 11.3 Å². The molecule has 0 radical (unpaired) electrons. The van der Waals surface area contributed by atoms with Crippen molar-refractivity contribution in [2.75, 3.05) is 0 Å². The van der Waals surface area contributed by atoms with Crippen LogP contribution >= 0.6 is 11.3 Å². The van der Waals surface area contributed by atoms with Crippen molar-refractivity contribution in [3.8, 4) is 0 Å². The number of fused-ring (bicyclic) bond motifs is 1. The van der Waals surface area contributed by atoms with E-state index in [9.17, 15) is 0 Å². The summed E-state index contributed by atoms with van der Waals surface area (Å²) in [5.74, 6) is 0. The molecule has 3 rings (SSSR count). The fourth-order valence-electron chi connectivity index (χ4n) is 2.09. The van der Waals surface area contributed by atoms with Crippen molar-refractivity contribution in [1.82, 2.24) is 4.98 Å². The summed E-state index contributed by atoms with van der Waals surface area (Å²) in [6.07, 6.45) is 0. The monoisotopic (exact) mass is 275 g/mol. The Balaban J connectivity index is 1.98. The van der Waals surface area contributed by atoms with Crippen LogP contribution in [0, 0.1) is 6.92 Å². The van der Waals surface area contributed by atoms with Crippen LogP contribution in [-0.4, -0.2) is 23.3 Å². The zero-order valence-electron chi connectivity index (χ0n) is 12.0. The Labute approximate surface area is 118 Å². The third kappa shape index (κ3) is 2.10. The molecule has 0 atom stereocenters. The average molecular weight is 275 g/mol. The Morgan fingerprint density at radius 3 is 2.37 bits per heavy atom. The molecule has 2 heterocycles. The molecular weight excluding hydrogens is 257 g/mol. The number of aromatic nitrogens is 1. The number of thiazole rings is 1. The van der Waals surface area contributed by atoms with E-state index in [-0.39, 0.29) is 18.3 Å². The van der Waals surface area contributed by atoms with Crippen molar-refractivity contribution in [3.63, 3.8) is 0 Å². The Bertz CT molecular complexity index is 619. The predicted molar refractivity (Wildman–Crippen MR) is 80.1 cm³/mol. The molecule has 1 fully saturated rings. The molecular formula is C14H18BNO2S. The Morgan fingerprint density at radius 2 is 1.74 bits per heavy atom. The summed E-state index contributed by atoms with van der Waals surface area (Å²) in [5, 5.41) is 0. The van der Waals surface area contributed by atoms with Gasteiger partial charge in [0.2, 0.25) is 0 Å². The van der Waals surface area contributed by atoms with Gasteiger partial charge in [0, 0.05) is 0 Å². The summed E-state index contributed by atoms with van der Waals surface area (Å²) in [6, 6.07) is 6.29. The lowest BCUT2D eigenvalue weighted by Crippen LogP contribution is -2.41. The first kappa shape index (κ1) is 13.1. The van der Waals surface area contributed by atoms with Crippen LogP contribution in [0.5, 0.6) is 0 Å². The minimum atomic E-state index is -0.359. The van der Waals surface area contributed by atoms with Crippen LogP contribution in [0.1, 0.15) is 33.3 Å². The maximum Gasteiger partial charge on any atom is 0.525 e. The molecule has 2 aromatic rings. The molecule has 0 saturated carbocycles. The normalized spacial score (nSPS) is 21.2. The molecule has 5 heteroatoms. The van der Waals surface area contributed by atoms with Gasteiger partial charge in [-0.05, 0) is 52.3 Å². The molecule has 19 heavy (non-hydrogen) atoms. The largest absolute Gasteiger partial charge is 0.525 e. The van der Waals surface area contributed by atoms with E-state index in [0.717, 1.165) is 10.4 Å². The van der Waals surface area contributed by atoms with Crippen molar-refractivity contribution >= 4 is 33.6 Å². The van der Waals surface area contributed by atoms with Gasteiger partial charge in [-0.1, -0.05) is 6.07 Å². The van der Waals surface area contributed by atoms with Crippen LogP contribution in [0.4, 0.5) is 0 Å². The summed E-state index contributed by atoms with van der Waals surface area (Å²) in [6.45, 7) is 10.3. The second kappa shape index (κ2) is 4.04. The van der Waals surface area contributed by atoms with Gasteiger partial charge < -0.3 is 9.31 Å². The van der Waals surface area contributed by atoms with Crippen LogP contribution in [0.2, 0.25) is 0 Å². The molecule has 1 saturated heterocycles. The second-order valence-electron chi connectivity index (χ2n) is 6.11. The lowest BCUT2D eigenvalue weighted by molar-refractivity contribution is 0.00578. The topological polar surface area (TPSA) is 31.4 Å². The lowest BCUT2D eigenvalue weighted by Gasteiger charge is -2.32. The molecule has 1 aliphatic rings. The second-order valence-corrected chi connectivity index (χ2v) is 7.17. The Hall–Kier alpha value is -0.905. The minimum Gasteiger partial charge on any atom is -0.398 e. The van der Waals surface area contributed by atoms with Crippen LogP contribution in [0.3, 0.4) is 0 Å². The van der Waals surface area contributed by atoms with Crippen LogP contribution < -0.4 is 4.91 Å². The highest BCUT2D eigenvalue weighted by molar-refractivity contribution is 7.27. The first-order chi connectivity index (χ1) is 8.78. The van der Waals surface area contributed by atoms with Crippen LogP contribution in [0.15, 0.2) is 18.2 Å². The maximum absolute atomic E-state index is 6.04. The number of nitrogens with zero attached hydrogens (tertiary/aromatic N) is 1. The molecule has 0 bridgehead atoms. The molecule has 0 N–H and O–H groups in total. The number of hydrogen-bond acceptors (Lipinski definition) is 4. The highest BCUT2D eigenvalue weighted by Gasteiger charge is 2.52. The first-order valence-electron chi connectivity index (χ1n) is 6.51. The van der Waals surface area contributed by atoms with E-state index >= 15 is 0 Å². The summed E-state index contributed by atoms with van der Waals surface area (Å²) in [4.78, 5) is 5.54. The van der Waals surface area contributed by atoms with Gasteiger partial charge in [0.25, 0.3) is 0 Å². The summed E-state index contributed by atoms with van der Waals surface area (Å²) < 4.78 is 13.3. The van der Waals surface area contributed by atoms with E-state index in [0.29, 0.717) is 0 Å². The summed E-state index contributed by atoms with van der Waals surface area (Å²) in [7, 11) is -0.359. The number of hydrogen-bond donors (Lipinski definition) is 0. The highest BCUT2D eigenvalue weighted by Crippen LogP contribution is 2.37. The van der Waals surface area contributed by atoms with E-state index in [4.69, 9.17) is 9.31 Å². The van der Waals surface area contributed by atoms with E-state index < -0.39 is 0 Å². The smallest absolute Gasteiger partial charge is 0.398 e. The zero-order valence-corrected chi connectivity index (χ0v) is 12.8. The third-order valence-corrected chi connectivity index (χ3v) is 5.06. The molecule has 0 aliphatic carbocycles. The van der Waals surface area contributed by atoms with Gasteiger partial charge in [0.15, 0.2) is 0 Å². The molecule has 1 aliphatic heterocycles. The van der Waals surface area contributed by atoms with Crippen molar-refractivity contribution in [2.24, 2.45) is 0 Å². The molecule has 0 unspecified atom stereocenters. The Kier molecular flexibility index (Phi) is 2.79. The predicted octanol–water partition coefficient (Wildman–Crippen LogP) is 2.90. The molecule has 1 aromatic carbocycles. The number of aryl methyl sites for hydroxylation is 1. The lowest BCUT2D eigenvalue weighted by atomic mass is 9.90. The first-order valence-corrected chi connectivity index (χ1v) is 7.33. The van der Waals surface area contributed by atoms with Gasteiger partial charge in [0.05, 0.1) is 21.4 Å². The van der Waals surface area contributed by atoms with Crippen molar-refractivity contribution in [2.45, 2.75) is 45.8 Å². The molecule has 0 spiro atoms. The fraction of sp³-hybridized carbons (Fsp3) is 0.500. The van der Waals surface area contributed by atoms with Gasteiger partial charge in [-0.25, -0.2) is 4.98 Å². The molecule has 0 amide bonds. The SMILES string of the molecule is Cc1ccc2nc(B3OC(C)(C)C(C)(C)O3)sc2c1. The average Bonchev–Trinajstić information content (AvgIpc) is 2.78. The summed E-state index contributed by atoms with van der Waals surface area (Å²) in [5.41, 5.74) is 1.63. The number of benzene rings is 1. The fourth-order valence-corrected chi connectivity index (χ4v) is 3.12. The summed E-state index contributed by atoms with van der Waals surface area (Å²) >= 11 is 1.65. The van der Waals surface area contributed by atoms with Gasteiger partial charge in [-0.3, -0.25) is 0 Å². The highest BCUT2D eigenvalue weighted by atomic mass is 32.1. The van der Waals surface area contributed by atoms with Gasteiger partial charge in [-0.15, -0.1) is 11.3 Å². The van der Waals surface area contributed by atoms with E-state index in [1.165, 1.54) is 10.3 Å². The Morgan fingerprint density at radius 1 is 1.11 bits per heavy atom. The third-order valence-electron chi connectivity index (χ3n) is 4.02. The van der Waals surface area contributed by atoms with Crippen molar-refractivity contribution in [1.29, 1.82) is 0 Å².